The van der Waals surface area contributed by atoms with Gasteiger partial charge in [0, 0.05) is 19.2 Å². The summed E-state index contributed by atoms with van der Waals surface area (Å²) in [7, 11) is 2.01. The molecule has 0 saturated heterocycles. The lowest BCUT2D eigenvalue weighted by Crippen LogP contribution is -2.14. The largest absolute Gasteiger partial charge is 0.477 e. The van der Waals surface area contributed by atoms with E-state index in [-0.39, 0.29) is 0 Å². The minimum atomic E-state index is 0.719. The van der Waals surface area contributed by atoms with Crippen molar-refractivity contribution in [2.75, 3.05) is 20.2 Å². The predicted octanol–water partition coefficient (Wildman–Crippen LogP) is 4.12. The highest BCUT2D eigenvalue weighted by Gasteiger charge is 2.07. The lowest BCUT2D eigenvalue weighted by atomic mass is 10.1. The highest BCUT2D eigenvalue weighted by molar-refractivity contribution is 5.62. The summed E-state index contributed by atoms with van der Waals surface area (Å²) in [5.41, 5.74) is 2.85. The number of aryl methyl sites for hydroxylation is 2. The van der Waals surface area contributed by atoms with Crippen molar-refractivity contribution in [1.82, 2.24) is 9.88 Å². The number of pyridine rings is 1. The molecule has 0 aliphatic rings. The Morgan fingerprint density at radius 3 is 2.71 bits per heavy atom. The molecule has 4 heteroatoms. The van der Waals surface area contributed by atoms with E-state index in [0.29, 0.717) is 0 Å². The summed E-state index contributed by atoms with van der Waals surface area (Å²) in [5.74, 6) is 1.45. The van der Waals surface area contributed by atoms with Crippen molar-refractivity contribution in [3.63, 3.8) is 0 Å². The summed E-state index contributed by atoms with van der Waals surface area (Å²) in [6.45, 7) is 12.2. The molecule has 0 aliphatic heterocycles. The van der Waals surface area contributed by atoms with Crippen LogP contribution in [-0.4, -0.2) is 36.4 Å². The molecule has 118 valence electrons. The standard InChI is InChI=1S/C17H29N3O/c1-7-20(6)12-18-16-11-14(4)17(19-15(16)5)21-10-8-9-13(2)3/h11-13H,7-10H2,1-6H3/b18-12+. The number of hydrogen-bond acceptors (Lipinski definition) is 3. The molecule has 0 aromatic carbocycles. The van der Waals surface area contributed by atoms with E-state index in [4.69, 9.17) is 4.74 Å². The molecule has 1 aromatic heterocycles. The van der Waals surface area contributed by atoms with Crippen LogP contribution in [0.3, 0.4) is 0 Å². The van der Waals surface area contributed by atoms with E-state index in [9.17, 15) is 0 Å². The maximum absolute atomic E-state index is 5.80. The SMILES string of the molecule is CCN(C)/C=N/c1cc(C)c(OCCCC(C)C)nc1C. The van der Waals surface area contributed by atoms with Gasteiger partial charge in [-0.15, -0.1) is 0 Å². The number of aliphatic imine (C=N–C) groups is 1. The van der Waals surface area contributed by atoms with E-state index in [1.165, 1.54) is 6.42 Å². The van der Waals surface area contributed by atoms with Gasteiger partial charge < -0.3 is 9.64 Å². The Balaban J connectivity index is 2.68. The van der Waals surface area contributed by atoms with E-state index in [1.807, 2.05) is 38.2 Å². The third-order valence-electron chi connectivity index (χ3n) is 3.39. The zero-order valence-corrected chi connectivity index (χ0v) is 14.3. The number of hydrogen-bond donors (Lipinski definition) is 0. The molecule has 1 rings (SSSR count). The third-order valence-corrected chi connectivity index (χ3v) is 3.39. The molecule has 21 heavy (non-hydrogen) atoms. The summed E-state index contributed by atoms with van der Waals surface area (Å²) in [4.78, 5) is 11.1. The average Bonchev–Trinajstić information content (AvgIpc) is 2.44. The summed E-state index contributed by atoms with van der Waals surface area (Å²) >= 11 is 0. The normalized spacial score (nSPS) is 11.4. The van der Waals surface area contributed by atoms with Crippen LogP contribution >= 0.6 is 0 Å². The Bertz CT molecular complexity index is 469. The Hall–Kier alpha value is -1.58. The minimum Gasteiger partial charge on any atom is -0.477 e. The molecule has 0 aliphatic carbocycles. The second-order valence-electron chi connectivity index (χ2n) is 5.92. The fourth-order valence-electron chi connectivity index (χ4n) is 1.85. The second-order valence-corrected chi connectivity index (χ2v) is 5.92. The topological polar surface area (TPSA) is 37.7 Å². The van der Waals surface area contributed by atoms with Crippen molar-refractivity contribution >= 4 is 12.0 Å². The van der Waals surface area contributed by atoms with Crippen LogP contribution in [0.4, 0.5) is 5.69 Å². The molecule has 0 radical (unpaired) electrons. The van der Waals surface area contributed by atoms with E-state index in [0.717, 1.165) is 48.3 Å². The maximum Gasteiger partial charge on any atom is 0.216 e. The maximum atomic E-state index is 5.80. The zero-order chi connectivity index (χ0) is 15.8. The van der Waals surface area contributed by atoms with Crippen LogP contribution in [0.15, 0.2) is 11.1 Å². The first-order valence-corrected chi connectivity index (χ1v) is 7.79. The molecule has 0 unspecified atom stereocenters. The van der Waals surface area contributed by atoms with E-state index >= 15 is 0 Å². The Morgan fingerprint density at radius 2 is 2.10 bits per heavy atom. The van der Waals surface area contributed by atoms with Crippen molar-refractivity contribution in [1.29, 1.82) is 0 Å². The minimum absolute atomic E-state index is 0.719. The fraction of sp³-hybridized carbons (Fsp3) is 0.647. The highest BCUT2D eigenvalue weighted by atomic mass is 16.5. The first-order valence-electron chi connectivity index (χ1n) is 7.79. The molecular weight excluding hydrogens is 262 g/mol. The van der Waals surface area contributed by atoms with Crippen LogP contribution < -0.4 is 4.74 Å². The van der Waals surface area contributed by atoms with Gasteiger partial charge in [0.2, 0.25) is 5.88 Å². The molecule has 4 nitrogen and oxygen atoms in total. The molecule has 0 N–H and O–H groups in total. The Morgan fingerprint density at radius 1 is 1.38 bits per heavy atom. The van der Waals surface area contributed by atoms with Crippen LogP contribution in [0, 0.1) is 19.8 Å². The van der Waals surface area contributed by atoms with Crippen LogP contribution in [-0.2, 0) is 0 Å². The fourth-order valence-corrected chi connectivity index (χ4v) is 1.85. The predicted molar refractivity (Wildman–Crippen MR) is 89.7 cm³/mol. The number of rotatable bonds is 8. The highest BCUT2D eigenvalue weighted by Crippen LogP contribution is 2.24. The second kappa shape index (κ2) is 8.65. The van der Waals surface area contributed by atoms with Gasteiger partial charge in [-0.2, -0.15) is 0 Å². The number of aromatic nitrogens is 1. The van der Waals surface area contributed by atoms with Crippen LogP contribution in [0.5, 0.6) is 5.88 Å². The molecule has 0 bridgehead atoms. The van der Waals surface area contributed by atoms with Crippen molar-refractivity contribution in [2.45, 2.75) is 47.5 Å². The van der Waals surface area contributed by atoms with Gasteiger partial charge in [0.1, 0.15) is 0 Å². The van der Waals surface area contributed by atoms with Crippen molar-refractivity contribution in [3.05, 3.63) is 17.3 Å². The van der Waals surface area contributed by atoms with Crippen LogP contribution in [0.2, 0.25) is 0 Å². The van der Waals surface area contributed by atoms with Crippen molar-refractivity contribution in [2.24, 2.45) is 10.9 Å². The number of ether oxygens (including phenoxy) is 1. The summed E-state index contributed by atoms with van der Waals surface area (Å²) in [6, 6.07) is 2.04. The molecule has 0 saturated carbocycles. The number of nitrogens with zero attached hydrogens (tertiary/aromatic N) is 3. The van der Waals surface area contributed by atoms with E-state index in [2.05, 4.69) is 30.7 Å². The van der Waals surface area contributed by atoms with Gasteiger partial charge in [-0.3, -0.25) is 0 Å². The molecule has 0 fully saturated rings. The Labute approximate surface area is 129 Å². The summed E-state index contributed by atoms with van der Waals surface area (Å²) < 4.78 is 5.80. The van der Waals surface area contributed by atoms with Crippen molar-refractivity contribution in [3.8, 4) is 5.88 Å². The van der Waals surface area contributed by atoms with Crippen LogP contribution in [0.25, 0.3) is 0 Å². The monoisotopic (exact) mass is 291 g/mol. The molecule has 0 amide bonds. The average molecular weight is 291 g/mol. The quantitative estimate of drug-likeness (QED) is 0.411. The van der Waals surface area contributed by atoms with Gasteiger partial charge in [-0.1, -0.05) is 13.8 Å². The lowest BCUT2D eigenvalue weighted by molar-refractivity contribution is 0.285. The van der Waals surface area contributed by atoms with E-state index in [1.54, 1.807) is 0 Å². The van der Waals surface area contributed by atoms with Crippen LogP contribution in [0.1, 0.15) is 44.9 Å². The first kappa shape index (κ1) is 17.5. The Kier molecular flexibility index (Phi) is 7.20. The van der Waals surface area contributed by atoms with Gasteiger partial charge in [0.15, 0.2) is 0 Å². The molecule has 1 aromatic rings. The van der Waals surface area contributed by atoms with Gasteiger partial charge in [0.05, 0.1) is 24.3 Å². The third kappa shape index (κ3) is 6.15. The molecule has 0 spiro atoms. The summed E-state index contributed by atoms with van der Waals surface area (Å²) in [6.07, 6.45) is 4.09. The molecular formula is C17H29N3O. The molecule has 0 atom stereocenters. The first-order chi connectivity index (χ1) is 9.93. The van der Waals surface area contributed by atoms with Gasteiger partial charge in [0.25, 0.3) is 0 Å². The lowest BCUT2D eigenvalue weighted by Gasteiger charge is -2.12. The van der Waals surface area contributed by atoms with Crippen molar-refractivity contribution < 1.29 is 4.74 Å². The van der Waals surface area contributed by atoms with E-state index < -0.39 is 0 Å². The van der Waals surface area contributed by atoms with Gasteiger partial charge in [-0.25, -0.2) is 9.98 Å². The van der Waals surface area contributed by atoms with Gasteiger partial charge >= 0.3 is 0 Å². The summed E-state index contributed by atoms with van der Waals surface area (Å²) in [5, 5.41) is 0. The molecule has 1 heterocycles. The smallest absolute Gasteiger partial charge is 0.216 e. The van der Waals surface area contributed by atoms with Gasteiger partial charge in [-0.05, 0) is 45.6 Å². The zero-order valence-electron chi connectivity index (χ0n) is 14.3.